The number of rotatable bonds is 2. The number of nitrogens with one attached hydrogen (secondary N) is 1. The van der Waals surface area contributed by atoms with Crippen molar-refractivity contribution in [1.29, 1.82) is 0 Å². The number of piperazine rings is 1. The lowest BCUT2D eigenvalue weighted by Gasteiger charge is -2.32. The van der Waals surface area contributed by atoms with Gasteiger partial charge in [0.15, 0.2) is 0 Å². The largest absolute Gasteiger partial charge is 0.335 e. The fraction of sp³-hybridized carbons (Fsp3) is 0.615. The fourth-order valence-corrected chi connectivity index (χ4v) is 3.23. The van der Waals surface area contributed by atoms with E-state index in [1.165, 1.54) is 5.56 Å². The molecule has 0 aliphatic carbocycles. The van der Waals surface area contributed by atoms with Crippen LogP contribution in [0.5, 0.6) is 0 Å². The molecule has 0 spiro atoms. The van der Waals surface area contributed by atoms with E-state index in [4.69, 9.17) is 0 Å². The van der Waals surface area contributed by atoms with Crippen LogP contribution in [0.1, 0.15) is 41.9 Å². The van der Waals surface area contributed by atoms with Gasteiger partial charge in [-0.2, -0.15) is 0 Å². The maximum absolute atomic E-state index is 12.4. The van der Waals surface area contributed by atoms with E-state index in [0.717, 1.165) is 24.5 Å². The van der Waals surface area contributed by atoms with Crippen molar-refractivity contribution in [3.63, 3.8) is 0 Å². The molecular weight excluding hydrogens is 232 g/mol. The van der Waals surface area contributed by atoms with Crippen molar-refractivity contribution in [2.45, 2.75) is 32.7 Å². The Labute approximate surface area is 107 Å². The molecule has 2 rings (SSSR count). The average molecular weight is 252 g/mol. The van der Waals surface area contributed by atoms with Gasteiger partial charge in [-0.1, -0.05) is 13.8 Å². The molecule has 0 unspecified atom stereocenters. The molecule has 1 amide bonds. The zero-order valence-corrected chi connectivity index (χ0v) is 11.5. The Morgan fingerprint density at radius 1 is 1.59 bits per heavy atom. The van der Waals surface area contributed by atoms with Gasteiger partial charge in [0, 0.05) is 25.7 Å². The summed E-state index contributed by atoms with van der Waals surface area (Å²) >= 11 is 1.57. The van der Waals surface area contributed by atoms with Gasteiger partial charge in [0.05, 0.1) is 4.88 Å². The third-order valence-electron chi connectivity index (χ3n) is 3.17. The molecule has 0 bridgehead atoms. The summed E-state index contributed by atoms with van der Waals surface area (Å²) in [5.74, 6) is 0.623. The summed E-state index contributed by atoms with van der Waals surface area (Å²) in [6.07, 6.45) is 0. The number of thiophene rings is 1. The molecule has 0 saturated carbocycles. The van der Waals surface area contributed by atoms with Crippen molar-refractivity contribution in [1.82, 2.24) is 10.2 Å². The smallest absolute Gasteiger partial charge is 0.264 e. The number of nitrogens with zero attached hydrogens (tertiary/aromatic N) is 1. The van der Waals surface area contributed by atoms with E-state index in [2.05, 4.69) is 32.2 Å². The summed E-state index contributed by atoms with van der Waals surface area (Å²) in [5, 5.41) is 5.38. The van der Waals surface area contributed by atoms with Crippen LogP contribution in [0.25, 0.3) is 0 Å². The molecule has 1 aliphatic heterocycles. The molecule has 0 radical (unpaired) electrons. The normalized spacial score (nSPS) is 20.9. The topological polar surface area (TPSA) is 32.3 Å². The third kappa shape index (κ3) is 2.69. The van der Waals surface area contributed by atoms with Crippen LogP contribution in [0, 0.1) is 0 Å². The van der Waals surface area contributed by atoms with Crippen LogP contribution in [0.4, 0.5) is 0 Å². The zero-order chi connectivity index (χ0) is 12.4. The molecule has 1 aliphatic rings. The Morgan fingerprint density at radius 2 is 2.35 bits per heavy atom. The van der Waals surface area contributed by atoms with E-state index in [1.807, 2.05) is 10.3 Å². The fourth-order valence-electron chi connectivity index (χ4n) is 2.21. The monoisotopic (exact) mass is 252 g/mol. The van der Waals surface area contributed by atoms with Gasteiger partial charge in [-0.05, 0) is 29.9 Å². The second-order valence-electron chi connectivity index (χ2n) is 4.97. The van der Waals surface area contributed by atoms with Gasteiger partial charge < -0.3 is 10.2 Å². The molecule has 1 atom stereocenters. The van der Waals surface area contributed by atoms with Gasteiger partial charge in [-0.15, -0.1) is 11.3 Å². The first-order chi connectivity index (χ1) is 8.09. The van der Waals surface area contributed by atoms with Crippen LogP contribution >= 0.6 is 11.3 Å². The molecule has 4 heteroatoms. The second kappa shape index (κ2) is 5.19. The van der Waals surface area contributed by atoms with Gasteiger partial charge in [-0.3, -0.25) is 4.79 Å². The first kappa shape index (κ1) is 12.6. The average Bonchev–Trinajstić information content (AvgIpc) is 2.77. The van der Waals surface area contributed by atoms with Crippen molar-refractivity contribution in [2.24, 2.45) is 0 Å². The number of hydrogen-bond acceptors (Lipinski definition) is 3. The van der Waals surface area contributed by atoms with E-state index in [0.29, 0.717) is 12.0 Å². The number of amides is 1. The Kier molecular flexibility index (Phi) is 3.84. The highest BCUT2D eigenvalue weighted by Gasteiger charge is 2.24. The first-order valence-electron chi connectivity index (χ1n) is 6.19. The van der Waals surface area contributed by atoms with Crippen molar-refractivity contribution in [3.05, 3.63) is 21.9 Å². The summed E-state index contributed by atoms with van der Waals surface area (Å²) in [4.78, 5) is 15.3. The van der Waals surface area contributed by atoms with E-state index >= 15 is 0 Å². The lowest BCUT2D eigenvalue weighted by atomic mass is 10.0. The quantitative estimate of drug-likeness (QED) is 0.876. The Balaban J connectivity index is 2.16. The molecule has 1 N–H and O–H groups in total. The molecule has 1 fully saturated rings. The van der Waals surface area contributed by atoms with E-state index in [9.17, 15) is 4.79 Å². The highest BCUT2D eigenvalue weighted by molar-refractivity contribution is 7.12. The Morgan fingerprint density at radius 3 is 3.00 bits per heavy atom. The number of carbonyl (C=O) groups is 1. The molecule has 1 aromatic rings. The summed E-state index contributed by atoms with van der Waals surface area (Å²) in [7, 11) is 0. The minimum atomic E-state index is 0.206. The molecule has 3 nitrogen and oxygen atoms in total. The maximum Gasteiger partial charge on any atom is 0.264 e. The van der Waals surface area contributed by atoms with Crippen molar-refractivity contribution < 1.29 is 4.79 Å². The zero-order valence-electron chi connectivity index (χ0n) is 10.7. The van der Waals surface area contributed by atoms with E-state index in [1.54, 1.807) is 11.3 Å². The maximum atomic E-state index is 12.4. The minimum absolute atomic E-state index is 0.206. The van der Waals surface area contributed by atoms with Gasteiger partial charge in [-0.25, -0.2) is 0 Å². The summed E-state index contributed by atoms with van der Waals surface area (Å²) in [5.41, 5.74) is 1.19. The first-order valence-corrected chi connectivity index (χ1v) is 7.07. The molecule has 0 aromatic carbocycles. The number of hydrogen-bond donors (Lipinski definition) is 1. The highest BCUT2D eigenvalue weighted by Crippen LogP contribution is 2.26. The molecule has 2 heterocycles. The van der Waals surface area contributed by atoms with Gasteiger partial charge in [0.25, 0.3) is 5.91 Å². The molecule has 94 valence electrons. The van der Waals surface area contributed by atoms with Crippen LogP contribution in [0.15, 0.2) is 11.4 Å². The predicted molar refractivity (Wildman–Crippen MR) is 71.8 cm³/mol. The van der Waals surface area contributed by atoms with Crippen LogP contribution in [-0.4, -0.2) is 36.5 Å². The summed E-state index contributed by atoms with van der Waals surface area (Å²) in [6, 6.07) is 2.48. The van der Waals surface area contributed by atoms with Gasteiger partial charge >= 0.3 is 0 Å². The Bertz CT molecular complexity index is 400. The van der Waals surface area contributed by atoms with E-state index in [-0.39, 0.29) is 5.91 Å². The molecule has 17 heavy (non-hydrogen) atoms. The lowest BCUT2D eigenvalue weighted by Crippen LogP contribution is -2.51. The number of carbonyl (C=O) groups excluding carboxylic acids is 1. The highest BCUT2D eigenvalue weighted by atomic mass is 32.1. The predicted octanol–water partition coefficient (Wildman–Crippen LogP) is 2.31. The van der Waals surface area contributed by atoms with Crippen molar-refractivity contribution in [2.75, 3.05) is 19.6 Å². The molecule has 1 aromatic heterocycles. The van der Waals surface area contributed by atoms with E-state index < -0.39 is 0 Å². The van der Waals surface area contributed by atoms with Crippen molar-refractivity contribution >= 4 is 17.2 Å². The molecular formula is C13H20N2OS. The van der Waals surface area contributed by atoms with Crippen LogP contribution in [0.3, 0.4) is 0 Å². The molecule has 1 saturated heterocycles. The standard InChI is InChI=1S/C13H20N2OS/c1-9(2)11-4-7-17-12(11)13(16)15-6-5-14-10(3)8-15/h4,7,9-10,14H,5-6,8H2,1-3H3/t10-/m1/s1. The van der Waals surface area contributed by atoms with Crippen LogP contribution in [0.2, 0.25) is 0 Å². The lowest BCUT2D eigenvalue weighted by molar-refractivity contribution is 0.0712. The third-order valence-corrected chi connectivity index (χ3v) is 4.09. The second-order valence-corrected chi connectivity index (χ2v) is 5.88. The van der Waals surface area contributed by atoms with Gasteiger partial charge in [0.1, 0.15) is 0 Å². The summed E-state index contributed by atoms with van der Waals surface area (Å²) < 4.78 is 0. The Hall–Kier alpha value is -0.870. The van der Waals surface area contributed by atoms with Crippen LogP contribution < -0.4 is 5.32 Å². The van der Waals surface area contributed by atoms with Gasteiger partial charge in [0.2, 0.25) is 0 Å². The summed E-state index contributed by atoms with van der Waals surface area (Å²) in [6.45, 7) is 8.93. The van der Waals surface area contributed by atoms with Crippen molar-refractivity contribution in [3.8, 4) is 0 Å². The minimum Gasteiger partial charge on any atom is -0.335 e. The SMILES string of the molecule is CC(C)c1ccsc1C(=O)N1CCN[C@H](C)C1. The van der Waals surface area contributed by atoms with Crippen LogP contribution in [-0.2, 0) is 0 Å².